The summed E-state index contributed by atoms with van der Waals surface area (Å²) < 4.78 is 41.4. The highest BCUT2D eigenvalue weighted by Crippen LogP contribution is 2.29. The van der Waals surface area contributed by atoms with E-state index >= 15 is 0 Å². The van der Waals surface area contributed by atoms with Gasteiger partial charge in [-0.15, -0.1) is 11.3 Å². The molecule has 6 nitrogen and oxygen atoms in total. The third kappa shape index (κ3) is 4.34. The van der Waals surface area contributed by atoms with Crippen LogP contribution in [-0.2, 0) is 14.8 Å². The zero-order valence-electron chi connectivity index (χ0n) is 13.7. The molecule has 0 aliphatic heterocycles. The fourth-order valence-corrected chi connectivity index (χ4v) is 4.86. The van der Waals surface area contributed by atoms with Gasteiger partial charge in [-0.05, 0) is 55.9 Å². The van der Waals surface area contributed by atoms with Gasteiger partial charge in [0, 0.05) is 17.2 Å². The fourth-order valence-electron chi connectivity index (χ4n) is 2.84. The topological polar surface area (TPSA) is 96.7 Å². The maximum absolute atomic E-state index is 13.0. The minimum Gasteiger partial charge on any atom is -0.481 e. The molecule has 0 spiro atoms. The van der Waals surface area contributed by atoms with Crippen LogP contribution in [0.3, 0.4) is 0 Å². The number of aliphatic carboxylic acids is 1. The van der Waals surface area contributed by atoms with E-state index in [2.05, 4.69) is 9.38 Å². The Morgan fingerprint density at radius 3 is 2.50 bits per heavy atom. The number of hydrogen-bond donors (Lipinski definition) is 1. The lowest BCUT2D eigenvalue weighted by molar-refractivity contribution is -0.142. The third-order valence-corrected chi connectivity index (χ3v) is 6.55. The van der Waals surface area contributed by atoms with Crippen LogP contribution in [0.1, 0.15) is 25.7 Å². The molecule has 9 heteroatoms. The minimum absolute atomic E-state index is 0.0458. The first kappa shape index (κ1) is 18.7. The number of halogens is 1. The number of nitrogens with zero attached hydrogens (tertiary/aromatic N) is 2. The van der Waals surface area contributed by atoms with Crippen LogP contribution < -0.4 is 0 Å². The van der Waals surface area contributed by atoms with E-state index in [9.17, 15) is 17.6 Å². The zero-order valence-corrected chi connectivity index (χ0v) is 15.3. The van der Waals surface area contributed by atoms with Crippen LogP contribution in [0.25, 0.3) is 10.6 Å². The summed E-state index contributed by atoms with van der Waals surface area (Å²) in [6, 6.07) is 5.65. The summed E-state index contributed by atoms with van der Waals surface area (Å²) in [6.45, 7) is 0. The van der Waals surface area contributed by atoms with Crippen molar-refractivity contribution in [1.82, 2.24) is 4.98 Å². The molecule has 1 aromatic heterocycles. The van der Waals surface area contributed by atoms with Crippen molar-refractivity contribution in [3.63, 3.8) is 0 Å². The summed E-state index contributed by atoms with van der Waals surface area (Å²) in [4.78, 5) is 15.0. The number of carbonyl (C=O) groups is 1. The Balaban J connectivity index is 1.69. The van der Waals surface area contributed by atoms with Crippen molar-refractivity contribution in [2.24, 2.45) is 16.2 Å². The van der Waals surface area contributed by atoms with Crippen molar-refractivity contribution in [3.8, 4) is 10.6 Å². The van der Waals surface area contributed by atoms with Gasteiger partial charge in [-0.2, -0.15) is 12.8 Å². The van der Waals surface area contributed by atoms with E-state index < -0.39 is 16.0 Å². The molecule has 0 saturated heterocycles. The fraction of sp³-hybridized carbons (Fsp3) is 0.353. The van der Waals surface area contributed by atoms with E-state index in [4.69, 9.17) is 5.11 Å². The van der Waals surface area contributed by atoms with E-state index in [-0.39, 0.29) is 22.7 Å². The lowest BCUT2D eigenvalue weighted by Crippen LogP contribution is -2.22. The number of sulfonamides is 1. The lowest BCUT2D eigenvalue weighted by atomic mass is 9.83. The Morgan fingerprint density at radius 1 is 1.23 bits per heavy atom. The first-order valence-corrected chi connectivity index (χ1v) is 10.4. The van der Waals surface area contributed by atoms with Crippen LogP contribution in [0.2, 0.25) is 0 Å². The average molecular weight is 396 g/mol. The van der Waals surface area contributed by atoms with Crippen LogP contribution in [0, 0.1) is 17.7 Å². The molecule has 0 amide bonds. The Kier molecular flexibility index (Phi) is 5.47. The average Bonchev–Trinajstić information content (AvgIpc) is 3.12. The molecule has 2 aromatic rings. The van der Waals surface area contributed by atoms with Crippen LogP contribution >= 0.6 is 11.3 Å². The molecule has 1 saturated carbocycles. The largest absolute Gasteiger partial charge is 0.481 e. The summed E-state index contributed by atoms with van der Waals surface area (Å²) >= 11 is 1.15. The summed E-state index contributed by atoms with van der Waals surface area (Å²) in [5, 5.41) is 10.7. The third-order valence-electron chi connectivity index (χ3n) is 4.37. The highest BCUT2D eigenvalue weighted by molar-refractivity contribution is 7.90. The summed E-state index contributed by atoms with van der Waals surface area (Å²) in [5.41, 5.74) is 0.633. The summed E-state index contributed by atoms with van der Waals surface area (Å²) in [6.07, 6.45) is 3.65. The molecule has 3 rings (SSSR count). The second-order valence-electron chi connectivity index (χ2n) is 6.18. The molecule has 1 aliphatic carbocycles. The van der Waals surface area contributed by atoms with Crippen molar-refractivity contribution in [3.05, 3.63) is 35.5 Å². The Bertz CT molecular complexity index is 914. The second-order valence-corrected chi connectivity index (χ2v) is 8.61. The number of hydrogen-bond acceptors (Lipinski definition) is 5. The maximum atomic E-state index is 13.0. The van der Waals surface area contributed by atoms with Gasteiger partial charge in [-0.3, -0.25) is 4.79 Å². The van der Waals surface area contributed by atoms with Gasteiger partial charge in [0.2, 0.25) is 0 Å². The van der Waals surface area contributed by atoms with Gasteiger partial charge < -0.3 is 5.11 Å². The van der Waals surface area contributed by atoms with Crippen molar-refractivity contribution in [2.75, 3.05) is 0 Å². The van der Waals surface area contributed by atoms with Crippen molar-refractivity contribution < 1.29 is 22.7 Å². The highest BCUT2D eigenvalue weighted by Gasteiger charge is 2.26. The standard InChI is InChI=1S/C17H17FN2O4S2/c18-14-7-5-12(6-8-14)16-20-15(10-25-16)26(23,24)19-9-11-1-3-13(4-2-11)17(21)22/h5-11,13H,1-4H2,(H,21,22). The first-order valence-electron chi connectivity index (χ1n) is 8.10. The molecule has 0 atom stereocenters. The number of rotatable bonds is 5. The first-order chi connectivity index (χ1) is 12.3. The van der Waals surface area contributed by atoms with Crippen LogP contribution in [0.4, 0.5) is 4.39 Å². The number of carboxylic acids is 1. The second kappa shape index (κ2) is 7.63. The molecular weight excluding hydrogens is 379 g/mol. The molecule has 1 aliphatic rings. The molecule has 138 valence electrons. The Labute approximate surface area is 154 Å². The normalized spacial score (nSPS) is 21.1. The molecule has 1 aromatic carbocycles. The highest BCUT2D eigenvalue weighted by atomic mass is 32.2. The lowest BCUT2D eigenvalue weighted by Gasteiger charge is -2.22. The van der Waals surface area contributed by atoms with E-state index in [0.29, 0.717) is 36.3 Å². The van der Waals surface area contributed by atoms with Crippen LogP contribution in [0.5, 0.6) is 0 Å². The van der Waals surface area contributed by atoms with Gasteiger partial charge in [0.25, 0.3) is 10.0 Å². The van der Waals surface area contributed by atoms with Crippen LogP contribution in [-0.4, -0.2) is 30.7 Å². The van der Waals surface area contributed by atoms with Crippen molar-refractivity contribution in [1.29, 1.82) is 0 Å². The molecule has 0 radical (unpaired) electrons. The van der Waals surface area contributed by atoms with Gasteiger partial charge in [-0.25, -0.2) is 9.37 Å². The molecular formula is C17H17FN2O4S2. The molecule has 26 heavy (non-hydrogen) atoms. The summed E-state index contributed by atoms with van der Waals surface area (Å²) in [5.74, 6) is -1.58. The minimum atomic E-state index is -3.91. The van der Waals surface area contributed by atoms with Crippen LogP contribution in [0.15, 0.2) is 39.1 Å². The predicted octanol–water partition coefficient (Wildman–Crippen LogP) is 3.60. The van der Waals surface area contributed by atoms with Crippen molar-refractivity contribution >= 4 is 33.5 Å². The maximum Gasteiger partial charge on any atom is 0.306 e. The Morgan fingerprint density at radius 2 is 1.88 bits per heavy atom. The van der Waals surface area contributed by atoms with Gasteiger partial charge >= 0.3 is 5.97 Å². The van der Waals surface area contributed by atoms with E-state index in [1.54, 1.807) is 0 Å². The molecule has 1 N–H and O–H groups in total. The Hall–Kier alpha value is -2.13. The number of aromatic nitrogens is 1. The number of benzene rings is 1. The molecule has 1 heterocycles. The number of carboxylic acid groups (broad SMARTS) is 1. The van der Waals surface area contributed by atoms with Crippen molar-refractivity contribution in [2.45, 2.75) is 30.7 Å². The predicted molar refractivity (Wildman–Crippen MR) is 96.3 cm³/mol. The van der Waals surface area contributed by atoms with Gasteiger partial charge in [0.15, 0.2) is 5.03 Å². The quantitative estimate of drug-likeness (QED) is 0.779. The molecule has 0 bridgehead atoms. The van der Waals surface area contributed by atoms with Gasteiger partial charge in [0.1, 0.15) is 10.8 Å². The molecule has 1 fully saturated rings. The van der Waals surface area contributed by atoms with Gasteiger partial charge in [0.05, 0.1) is 5.92 Å². The number of thiazole rings is 1. The van der Waals surface area contributed by atoms with E-state index in [1.807, 2.05) is 0 Å². The van der Waals surface area contributed by atoms with E-state index in [1.165, 1.54) is 35.9 Å². The van der Waals surface area contributed by atoms with E-state index in [0.717, 1.165) is 11.3 Å². The monoisotopic (exact) mass is 396 g/mol. The summed E-state index contributed by atoms with van der Waals surface area (Å²) in [7, 11) is -3.91. The smallest absolute Gasteiger partial charge is 0.306 e. The SMILES string of the molecule is O=C(O)C1CCC(C=NS(=O)(=O)c2csc(-c3ccc(F)cc3)n2)CC1. The zero-order chi connectivity index (χ0) is 18.7. The molecule has 0 unspecified atom stereocenters. The van der Waals surface area contributed by atoms with Gasteiger partial charge in [-0.1, -0.05) is 0 Å².